The first kappa shape index (κ1) is 13.7. The van der Waals surface area contributed by atoms with Crippen LogP contribution in [0.5, 0.6) is 0 Å². The molecule has 1 atom stereocenters. The number of nitrogens with one attached hydrogen (secondary N) is 1. The second-order valence-electron chi connectivity index (χ2n) is 3.77. The van der Waals surface area contributed by atoms with Crippen molar-refractivity contribution in [2.45, 2.75) is 18.9 Å². The number of nitrogens with zero attached hydrogens (tertiary/aromatic N) is 2. The van der Waals surface area contributed by atoms with Crippen molar-refractivity contribution < 1.29 is 19.5 Å². The molecule has 9 nitrogen and oxygen atoms in total. The number of amides is 3. The van der Waals surface area contributed by atoms with E-state index in [0.717, 1.165) is 0 Å². The van der Waals surface area contributed by atoms with Gasteiger partial charge in [0.25, 0.3) is 5.91 Å². The van der Waals surface area contributed by atoms with Gasteiger partial charge >= 0.3 is 12.0 Å². The average molecular weight is 257 g/mol. The molecule has 1 fully saturated rings. The minimum Gasteiger partial charge on any atom is -0.480 e. The third-order valence-corrected chi connectivity index (χ3v) is 2.35. The number of urea groups is 1. The number of carboxylic acid groups (broad SMARTS) is 1. The van der Waals surface area contributed by atoms with Gasteiger partial charge in [-0.1, -0.05) is 0 Å². The zero-order chi connectivity index (χ0) is 13.7. The van der Waals surface area contributed by atoms with Gasteiger partial charge in [-0.3, -0.25) is 19.5 Å². The summed E-state index contributed by atoms with van der Waals surface area (Å²) in [5.74, 6) is -1.81. The quantitative estimate of drug-likeness (QED) is 0.188. The molecule has 1 saturated heterocycles. The highest BCUT2D eigenvalue weighted by molar-refractivity contribution is 6.05. The van der Waals surface area contributed by atoms with Gasteiger partial charge in [0, 0.05) is 6.54 Å². The molecule has 1 rings (SSSR count). The van der Waals surface area contributed by atoms with E-state index >= 15 is 0 Å². The number of carbonyl (C=O) groups is 3. The van der Waals surface area contributed by atoms with Gasteiger partial charge in [-0.25, -0.2) is 4.79 Å². The first-order valence-electron chi connectivity index (χ1n) is 5.31. The molecule has 0 bridgehead atoms. The lowest BCUT2D eigenvalue weighted by molar-refractivity contribution is -0.141. The zero-order valence-corrected chi connectivity index (χ0v) is 9.63. The van der Waals surface area contributed by atoms with Crippen LogP contribution in [0.1, 0.15) is 12.8 Å². The molecule has 1 heterocycles. The van der Waals surface area contributed by atoms with Crippen molar-refractivity contribution in [3.05, 3.63) is 0 Å². The predicted octanol–water partition coefficient (Wildman–Crippen LogP) is -1.95. The molecule has 0 radical (unpaired) electrons. The molecule has 0 unspecified atom stereocenters. The van der Waals surface area contributed by atoms with Crippen LogP contribution in [-0.4, -0.2) is 53.0 Å². The number of hydrogen-bond donors (Lipinski definition) is 4. The monoisotopic (exact) mass is 257 g/mol. The fraction of sp³-hybridized carbons (Fsp3) is 0.556. The van der Waals surface area contributed by atoms with Crippen molar-refractivity contribution in [1.29, 1.82) is 0 Å². The van der Waals surface area contributed by atoms with Gasteiger partial charge in [0.1, 0.15) is 12.6 Å². The van der Waals surface area contributed by atoms with Crippen molar-refractivity contribution in [2.75, 3.05) is 13.1 Å². The molecular weight excluding hydrogens is 242 g/mol. The molecule has 0 aromatic rings. The summed E-state index contributed by atoms with van der Waals surface area (Å²) < 4.78 is 0. The molecule has 9 heteroatoms. The first-order valence-corrected chi connectivity index (χ1v) is 5.31. The minimum absolute atomic E-state index is 0.0377. The fourth-order valence-electron chi connectivity index (χ4n) is 1.56. The van der Waals surface area contributed by atoms with E-state index in [1.807, 2.05) is 0 Å². The highest BCUT2D eigenvalue weighted by Gasteiger charge is 2.38. The van der Waals surface area contributed by atoms with Crippen molar-refractivity contribution >= 4 is 23.9 Å². The highest BCUT2D eigenvalue weighted by Crippen LogP contribution is 2.10. The molecule has 18 heavy (non-hydrogen) atoms. The molecule has 0 saturated carbocycles. The van der Waals surface area contributed by atoms with Crippen molar-refractivity contribution in [3.63, 3.8) is 0 Å². The summed E-state index contributed by atoms with van der Waals surface area (Å²) >= 11 is 0. The van der Waals surface area contributed by atoms with E-state index in [2.05, 4.69) is 10.3 Å². The normalized spacial score (nSPS) is 18.7. The van der Waals surface area contributed by atoms with Gasteiger partial charge in [-0.05, 0) is 12.8 Å². The van der Waals surface area contributed by atoms with E-state index in [4.69, 9.17) is 16.6 Å². The maximum absolute atomic E-state index is 11.7. The Balaban J connectivity index is 2.45. The number of guanidine groups is 1. The summed E-state index contributed by atoms with van der Waals surface area (Å²) in [5.41, 5.74) is 10.3. The number of imide groups is 1. The van der Waals surface area contributed by atoms with Crippen LogP contribution in [-0.2, 0) is 9.59 Å². The van der Waals surface area contributed by atoms with E-state index in [1.54, 1.807) is 0 Å². The Morgan fingerprint density at radius 3 is 2.67 bits per heavy atom. The van der Waals surface area contributed by atoms with Crippen molar-refractivity contribution in [1.82, 2.24) is 10.2 Å². The Labute approximate surface area is 103 Å². The molecule has 1 aliphatic heterocycles. The topological polar surface area (TPSA) is 151 Å². The van der Waals surface area contributed by atoms with Gasteiger partial charge in [0.05, 0.1) is 0 Å². The molecule has 0 aromatic heterocycles. The van der Waals surface area contributed by atoms with Crippen molar-refractivity contribution in [3.8, 4) is 0 Å². The van der Waals surface area contributed by atoms with Crippen LogP contribution in [0.4, 0.5) is 4.79 Å². The van der Waals surface area contributed by atoms with E-state index in [-0.39, 0.29) is 5.96 Å². The fourth-order valence-corrected chi connectivity index (χ4v) is 1.56. The van der Waals surface area contributed by atoms with E-state index < -0.39 is 30.5 Å². The number of hydrogen-bond acceptors (Lipinski definition) is 4. The summed E-state index contributed by atoms with van der Waals surface area (Å²) in [6.07, 6.45) is 0.868. The molecule has 0 aromatic carbocycles. The molecule has 0 aliphatic carbocycles. The Morgan fingerprint density at radius 1 is 1.44 bits per heavy atom. The molecule has 0 spiro atoms. The second-order valence-corrected chi connectivity index (χ2v) is 3.77. The van der Waals surface area contributed by atoms with Crippen LogP contribution in [0.15, 0.2) is 4.99 Å². The van der Waals surface area contributed by atoms with Crippen LogP contribution in [0.2, 0.25) is 0 Å². The molecule has 100 valence electrons. The molecule has 1 aliphatic rings. The smallest absolute Gasteiger partial charge is 0.325 e. The summed E-state index contributed by atoms with van der Waals surface area (Å²) in [4.78, 5) is 37.9. The van der Waals surface area contributed by atoms with Gasteiger partial charge in [-0.15, -0.1) is 0 Å². The second kappa shape index (κ2) is 5.84. The van der Waals surface area contributed by atoms with Crippen LogP contribution in [0.25, 0.3) is 0 Å². The van der Waals surface area contributed by atoms with E-state index in [9.17, 15) is 14.4 Å². The maximum atomic E-state index is 11.7. The third-order valence-electron chi connectivity index (χ3n) is 2.35. The van der Waals surface area contributed by atoms with Crippen molar-refractivity contribution in [2.24, 2.45) is 16.5 Å². The lowest BCUT2D eigenvalue weighted by Crippen LogP contribution is -2.36. The average Bonchev–Trinajstić information content (AvgIpc) is 2.51. The Hall–Kier alpha value is -2.32. The van der Waals surface area contributed by atoms with E-state index in [1.165, 1.54) is 0 Å². The Morgan fingerprint density at radius 2 is 2.11 bits per heavy atom. The number of aliphatic imine (C=N–C) groups is 1. The number of nitrogens with two attached hydrogens (primary N) is 2. The summed E-state index contributed by atoms with van der Waals surface area (Å²) in [5, 5.41) is 11.0. The molecule has 6 N–H and O–H groups in total. The standard InChI is InChI=1S/C9H15N5O4/c10-8(11)12-3-1-2-5-7(17)14(4-6(15)16)9(18)13-5/h5H,1-4H2,(H,13,18)(H,15,16)(H4,10,11,12)/t5-/m1/s1. The maximum Gasteiger partial charge on any atom is 0.325 e. The highest BCUT2D eigenvalue weighted by atomic mass is 16.4. The molecule has 3 amide bonds. The minimum atomic E-state index is -1.24. The van der Waals surface area contributed by atoms with Gasteiger partial charge in [0.15, 0.2) is 5.96 Å². The predicted molar refractivity (Wildman–Crippen MR) is 61.6 cm³/mol. The van der Waals surface area contributed by atoms with Gasteiger partial charge < -0.3 is 21.9 Å². The largest absolute Gasteiger partial charge is 0.480 e. The number of carboxylic acids is 1. The SMILES string of the molecule is NC(N)=NCCC[C@H]1NC(=O)N(CC(=O)O)C1=O. The third kappa shape index (κ3) is 3.61. The lowest BCUT2D eigenvalue weighted by Gasteiger charge is -2.09. The zero-order valence-electron chi connectivity index (χ0n) is 9.63. The van der Waals surface area contributed by atoms with Crippen LogP contribution >= 0.6 is 0 Å². The van der Waals surface area contributed by atoms with Crippen LogP contribution in [0, 0.1) is 0 Å². The number of aliphatic carboxylic acids is 1. The Kier molecular flexibility index (Phi) is 4.46. The first-order chi connectivity index (χ1) is 8.41. The van der Waals surface area contributed by atoms with Crippen LogP contribution in [0.3, 0.4) is 0 Å². The van der Waals surface area contributed by atoms with E-state index in [0.29, 0.717) is 24.3 Å². The van der Waals surface area contributed by atoms with Gasteiger partial charge in [-0.2, -0.15) is 0 Å². The van der Waals surface area contributed by atoms with Crippen LogP contribution < -0.4 is 16.8 Å². The number of rotatable bonds is 6. The number of carbonyl (C=O) groups excluding carboxylic acids is 2. The molecular formula is C9H15N5O4. The lowest BCUT2D eigenvalue weighted by atomic mass is 10.1. The Bertz CT molecular complexity index is 390. The van der Waals surface area contributed by atoms with Gasteiger partial charge in [0.2, 0.25) is 0 Å². The summed E-state index contributed by atoms with van der Waals surface area (Å²) in [6, 6.07) is -1.39. The summed E-state index contributed by atoms with van der Waals surface area (Å²) in [7, 11) is 0. The summed E-state index contributed by atoms with van der Waals surface area (Å²) in [6.45, 7) is -0.282.